The van der Waals surface area contributed by atoms with Gasteiger partial charge in [-0.05, 0) is 13.3 Å². The summed E-state index contributed by atoms with van der Waals surface area (Å²) in [6.45, 7) is 4.85. The van der Waals surface area contributed by atoms with Crippen molar-refractivity contribution in [3.63, 3.8) is 0 Å². The molecule has 0 aliphatic carbocycles. The third kappa shape index (κ3) is 3.96. The van der Waals surface area contributed by atoms with Gasteiger partial charge in [-0.25, -0.2) is 0 Å². The number of amides is 1. The van der Waals surface area contributed by atoms with E-state index < -0.39 is 0 Å². The summed E-state index contributed by atoms with van der Waals surface area (Å²) in [5.41, 5.74) is 7.41. The number of nitrogens with two attached hydrogens (primary N) is 1. The molecule has 0 bridgehead atoms. The molecule has 114 valence electrons. The van der Waals surface area contributed by atoms with Gasteiger partial charge < -0.3 is 15.7 Å². The van der Waals surface area contributed by atoms with Crippen molar-refractivity contribution < 1.29 is 9.90 Å². The summed E-state index contributed by atoms with van der Waals surface area (Å²) >= 11 is 0. The Morgan fingerprint density at radius 2 is 2.05 bits per heavy atom. The van der Waals surface area contributed by atoms with Crippen LogP contribution in [0.25, 0.3) is 0 Å². The van der Waals surface area contributed by atoms with Gasteiger partial charge in [-0.2, -0.15) is 5.10 Å². The number of nitrogens with zero attached hydrogens (tertiary/aromatic N) is 3. The first-order valence-corrected chi connectivity index (χ1v) is 7.22. The third-order valence-corrected chi connectivity index (χ3v) is 3.41. The van der Waals surface area contributed by atoms with E-state index in [4.69, 9.17) is 10.8 Å². The van der Waals surface area contributed by atoms with Gasteiger partial charge in [0, 0.05) is 20.1 Å². The van der Waals surface area contributed by atoms with Crippen LogP contribution < -0.4 is 5.73 Å². The van der Waals surface area contributed by atoms with Crippen molar-refractivity contribution in [3.8, 4) is 0 Å². The molecular formula is C14H26N4O2. The van der Waals surface area contributed by atoms with Gasteiger partial charge in [0.15, 0.2) is 0 Å². The van der Waals surface area contributed by atoms with E-state index in [1.54, 1.807) is 18.9 Å². The molecule has 6 heteroatoms. The Balaban J connectivity index is 2.77. The van der Waals surface area contributed by atoms with Crippen LogP contribution in [0.1, 0.15) is 48.8 Å². The van der Waals surface area contributed by atoms with Crippen LogP contribution in [0.15, 0.2) is 0 Å². The van der Waals surface area contributed by atoms with E-state index in [0.717, 1.165) is 25.7 Å². The Bertz CT molecular complexity index is 443. The highest BCUT2D eigenvalue weighted by atomic mass is 16.3. The molecule has 6 nitrogen and oxygen atoms in total. The molecule has 1 heterocycles. The zero-order valence-electron chi connectivity index (χ0n) is 12.7. The van der Waals surface area contributed by atoms with Gasteiger partial charge in [0.2, 0.25) is 0 Å². The Hall–Kier alpha value is -1.56. The fraction of sp³-hybridized carbons (Fsp3) is 0.714. The van der Waals surface area contributed by atoms with Gasteiger partial charge in [0.05, 0.1) is 18.0 Å². The molecule has 20 heavy (non-hydrogen) atoms. The number of hydrogen-bond donors (Lipinski definition) is 2. The highest BCUT2D eigenvalue weighted by Gasteiger charge is 2.22. The summed E-state index contributed by atoms with van der Waals surface area (Å²) in [7, 11) is 1.71. The first-order valence-electron chi connectivity index (χ1n) is 7.22. The molecule has 1 aromatic rings. The van der Waals surface area contributed by atoms with E-state index in [9.17, 15) is 4.79 Å². The topological polar surface area (TPSA) is 84.4 Å². The minimum atomic E-state index is -0.156. The summed E-state index contributed by atoms with van der Waals surface area (Å²) in [6, 6.07) is 0. The standard InChI is InChI=1S/C14H26N4O2/c1-4-5-6-7-8-18(9-10-19)14(20)13-12(15)11(2)16-17(13)3/h19H,4-10,15H2,1-3H3. The normalized spacial score (nSPS) is 10.8. The Kier molecular flexibility index (Phi) is 6.51. The minimum Gasteiger partial charge on any atom is -0.395 e. The van der Waals surface area contributed by atoms with E-state index in [2.05, 4.69) is 12.0 Å². The number of anilines is 1. The van der Waals surface area contributed by atoms with E-state index in [1.165, 1.54) is 4.68 Å². The van der Waals surface area contributed by atoms with Crippen LogP contribution in [-0.4, -0.2) is 45.4 Å². The van der Waals surface area contributed by atoms with Crippen LogP contribution >= 0.6 is 0 Å². The summed E-state index contributed by atoms with van der Waals surface area (Å²) in [5.74, 6) is -0.156. The second kappa shape index (κ2) is 7.89. The fourth-order valence-electron chi connectivity index (χ4n) is 2.24. The molecule has 3 N–H and O–H groups in total. The zero-order valence-corrected chi connectivity index (χ0v) is 12.7. The van der Waals surface area contributed by atoms with Crippen LogP contribution in [0.2, 0.25) is 0 Å². The van der Waals surface area contributed by atoms with E-state index in [-0.39, 0.29) is 12.5 Å². The first-order chi connectivity index (χ1) is 9.52. The number of hydrogen-bond acceptors (Lipinski definition) is 4. The third-order valence-electron chi connectivity index (χ3n) is 3.41. The van der Waals surface area contributed by atoms with Crippen LogP contribution in [0.3, 0.4) is 0 Å². The summed E-state index contributed by atoms with van der Waals surface area (Å²) in [4.78, 5) is 14.2. The lowest BCUT2D eigenvalue weighted by Crippen LogP contribution is -2.36. The molecule has 1 amide bonds. The van der Waals surface area contributed by atoms with Gasteiger partial charge in [0.1, 0.15) is 5.69 Å². The molecule has 0 aliphatic heterocycles. The van der Waals surface area contributed by atoms with Crippen molar-refractivity contribution >= 4 is 11.6 Å². The average Bonchev–Trinajstić information content (AvgIpc) is 2.66. The molecule has 0 aliphatic rings. The SMILES string of the molecule is CCCCCCN(CCO)C(=O)c1c(N)c(C)nn1C. The van der Waals surface area contributed by atoms with Crippen molar-refractivity contribution in [2.75, 3.05) is 25.4 Å². The highest BCUT2D eigenvalue weighted by molar-refractivity contribution is 5.98. The van der Waals surface area contributed by atoms with Crippen LogP contribution in [0.5, 0.6) is 0 Å². The average molecular weight is 282 g/mol. The summed E-state index contributed by atoms with van der Waals surface area (Å²) in [6.07, 6.45) is 4.35. The molecule has 1 aromatic heterocycles. The molecule has 0 saturated carbocycles. The minimum absolute atomic E-state index is 0.0454. The Labute approximate surface area is 120 Å². The predicted octanol–water partition coefficient (Wildman–Crippen LogP) is 1.33. The number of rotatable bonds is 8. The van der Waals surface area contributed by atoms with E-state index >= 15 is 0 Å². The molecule has 1 rings (SSSR count). The molecule has 0 aromatic carbocycles. The van der Waals surface area contributed by atoms with Crippen molar-refractivity contribution in [2.45, 2.75) is 39.5 Å². The van der Waals surface area contributed by atoms with Gasteiger partial charge in [0.25, 0.3) is 5.91 Å². The molecule has 0 atom stereocenters. The summed E-state index contributed by atoms with van der Waals surface area (Å²) in [5, 5.41) is 13.3. The van der Waals surface area contributed by atoms with Crippen LogP contribution in [0.4, 0.5) is 5.69 Å². The van der Waals surface area contributed by atoms with Gasteiger partial charge >= 0.3 is 0 Å². The summed E-state index contributed by atoms with van der Waals surface area (Å²) < 4.78 is 1.52. The van der Waals surface area contributed by atoms with E-state index in [0.29, 0.717) is 30.2 Å². The number of aromatic nitrogens is 2. The molecule has 0 radical (unpaired) electrons. The van der Waals surface area contributed by atoms with Crippen molar-refractivity contribution in [3.05, 3.63) is 11.4 Å². The smallest absolute Gasteiger partial charge is 0.274 e. The largest absolute Gasteiger partial charge is 0.395 e. The number of carbonyl (C=O) groups excluding carboxylic acids is 1. The number of unbranched alkanes of at least 4 members (excludes halogenated alkanes) is 3. The molecule has 0 spiro atoms. The second-order valence-corrected chi connectivity index (χ2v) is 5.05. The van der Waals surface area contributed by atoms with Crippen molar-refractivity contribution in [2.24, 2.45) is 7.05 Å². The first kappa shape index (κ1) is 16.5. The quantitative estimate of drug-likeness (QED) is 0.704. The van der Waals surface area contributed by atoms with Crippen molar-refractivity contribution in [1.82, 2.24) is 14.7 Å². The predicted molar refractivity (Wildman–Crippen MR) is 79.5 cm³/mol. The monoisotopic (exact) mass is 282 g/mol. The number of carbonyl (C=O) groups is 1. The van der Waals surface area contributed by atoms with E-state index in [1.807, 2.05) is 0 Å². The number of aliphatic hydroxyl groups excluding tert-OH is 1. The molecule has 0 fully saturated rings. The second-order valence-electron chi connectivity index (χ2n) is 5.05. The van der Waals surface area contributed by atoms with Gasteiger partial charge in [-0.15, -0.1) is 0 Å². The maximum atomic E-state index is 12.5. The van der Waals surface area contributed by atoms with Gasteiger partial charge in [-0.1, -0.05) is 26.2 Å². The lowest BCUT2D eigenvalue weighted by Gasteiger charge is -2.22. The molecular weight excluding hydrogens is 256 g/mol. The Morgan fingerprint density at radius 1 is 1.35 bits per heavy atom. The molecule has 0 unspecified atom stereocenters. The molecule has 0 saturated heterocycles. The van der Waals surface area contributed by atoms with Crippen LogP contribution in [0, 0.1) is 6.92 Å². The highest BCUT2D eigenvalue weighted by Crippen LogP contribution is 2.17. The Morgan fingerprint density at radius 3 is 2.55 bits per heavy atom. The maximum absolute atomic E-state index is 12.5. The van der Waals surface area contributed by atoms with Crippen molar-refractivity contribution in [1.29, 1.82) is 0 Å². The number of aryl methyl sites for hydroxylation is 2. The maximum Gasteiger partial charge on any atom is 0.274 e. The van der Waals surface area contributed by atoms with Crippen LogP contribution in [-0.2, 0) is 7.05 Å². The van der Waals surface area contributed by atoms with Gasteiger partial charge in [-0.3, -0.25) is 9.48 Å². The lowest BCUT2D eigenvalue weighted by atomic mass is 10.2. The number of aliphatic hydroxyl groups is 1. The lowest BCUT2D eigenvalue weighted by molar-refractivity contribution is 0.0708. The fourth-order valence-corrected chi connectivity index (χ4v) is 2.24. The number of nitrogen functional groups attached to an aromatic ring is 1. The zero-order chi connectivity index (χ0) is 15.1.